The number of aliphatic hydroxyl groups is 1. The Kier molecular flexibility index (Phi) is 7.49. The fraction of sp³-hybridized carbons (Fsp3) is 0.333. The molecule has 5 rings (SSSR count). The number of hydrogen-bond donors (Lipinski definition) is 2. The summed E-state index contributed by atoms with van der Waals surface area (Å²) >= 11 is 0. The third-order valence-electron chi connectivity index (χ3n) is 7.41. The molecule has 2 N–H and O–H groups in total. The van der Waals surface area contributed by atoms with Gasteiger partial charge in [0.05, 0.1) is 6.20 Å². The van der Waals surface area contributed by atoms with Crippen molar-refractivity contribution in [3.8, 4) is 23.0 Å². The van der Waals surface area contributed by atoms with Crippen molar-refractivity contribution in [2.45, 2.75) is 66.2 Å². The zero-order chi connectivity index (χ0) is 30.5. The third kappa shape index (κ3) is 5.44. The third-order valence-corrected chi connectivity index (χ3v) is 7.41. The van der Waals surface area contributed by atoms with Crippen molar-refractivity contribution in [1.82, 2.24) is 14.9 Å². The second-order valence-electron chi connectivity index (χ2n) is 11.6. The van der Waals surface area contributed by atoms with Gasteiger partial charge in [-0.3, -0.25) is 4.79 Å². The summed E-state index contributed by atoms with van der Waals surface area (Å²) in [5.74, 6) is 2.31. The minimum absolute atomic E-state index is 0.205. The number of ether oxygens (including phenoxy) is 2. The summed E-state index contributed by atoms with van der Waals surface area (Å²) in [4.78, 5) is 21.4. The average Bonchev–Trinajstić information content (AvgIpc) is 3.56. The van der Waals surface area contributed by atoms with Gasteiger partial charge in [-0.2, -0.15) is 0 Å². The Bertz CT molecular complexity index is 1670. The Morgan fingerprint density at radius 2 is 1.86 bits per heavy atom. The Morgan fingerprint density at radius 3 is 2.48 bits per heavy atom. The zero-order valence-corrected chi connectivity index (χ0v) is 25.1. The van der Waals surface area contributed by atoms with E-state index in [2.05, 4.69) is 9.97 Å². The van der Waals surface area contributed by atoms with Crippen molar-refractivity contribution in [1.29, 1.82) is 0 Å². The Balaban J connectivity index is 1.69. The molecule has 1 atom stereocenters. The minimum atomic E-state index is -0.944. The molecule has 9 heteroatoms. The number of nitrogens with one attached hydrogen (secondary N) is 1. The van der Waals surface area contributed by atoms with Crippen LogP contribution in [0.3, 0.4) is 0 Å². The lowest BCUT2D eigenvalue weighted by atomic mass is 9.90. The molecule has 0 fully saturated rings. The molecular weight excluding hydrogens is 537 g/mol. The molecule has 3 heterocycles. The molecule has 2 aromatic heterocycles. The molecule has 1 aliphatic rings. The van der Waals surface area contributed by atoms with Crippen LogP contribution < -0.4 is 4.74 Å². The predicted molar refractivity (Wildman–Crippen MR) is 157 cm³/mol. The standard InChI is InChI=1S/C33H36FN3O5/c1-17(2)31-35-15-26(36-31)28-14-24-30(41-28)25(16-37(8)32(24)39)23-13-21(33(6,7)42-20(5)38)9-10-27(23)40-29-18(3)11-22(34)12-19(29)4/h9-17,32,39H,1-8H3,(H,35,36). The number of fused-ring (bicyclic) bond motifs is 1. The van der Waals surface area contributed by atoms with Gasteiger partial charge in [0.1, 0.15) is 40.2 Å². The van der Waals surface area contributed by atoms with Crippen molar-refractivity contribution in [2.75, 3.05) is 7.05 Å². The topological polar surface area (TPSA) is 101 Å². The molecule has 4 aromatic rings. The van der Waals surface area contributed by atoms with Crippen LogP contribution in [-0.4, -0.2) is 33.0 Å². The van der Waals surface area contributed by atoms with Crippen molar-refractivity contribution < 1.29 is 28.2 Å². The van der Waals surface area contributed by atoms with Gasteiger partial charge in [-0.25, -0.2) is 9.37 Å². The van der Waals surface area contributed by atoms with Crippen LogP contribution >= 0.6 is 0 Å². The number of aryl methyl sites for hydroxylation is 2. The van der Waals surface area contributed by atoms with E-state index in [1.54, 1.807) is 44.3 Å². The number of aliphatic hydroxyl groups excluding tert-OH is 1. The highest BCUT2D eigenvalue weighted by molar-refractivity contribution is 5.84. The monoisotopic (exact) mass is 573 g/mol. The van der Waals surface area contributed by atoms with E-state index in [-0.39, 0.29) is 11.7 Å². The first kappa shape index (κ1) is 29.1. The van der Waals surface area contributed by atoms with Crippen LogP contribution in [0.5, 0.6) is 11.5 Å². The van der Waals surface area contributed by atoms with Gasteiger partial charge < -0.3 is 28.9 Å². The van der Waals surface area contributed by atoms with E-state index in [0.717, 1.165) is 11.4 Å². The van der Waals surface area contributed by atoms with Crippen molar-refractivity contribution in [2.24, 2.45) is 0 Å². The van der Waals surface area contributed by atoms with E-state index in [1.807, 2.05) is 45.9 Å². The molecule has 0 radical (unpaired) electrons. The van der Waals surface area contributed by atoms with Gasteiger partial charge in [0.15, 0.2) is 12.0 Å². The predicted octanol–water partition coefficient (Wildman–Crippen LogP) is 7.47. The molecule has 0 saturated carbocycles. The fourth-order valence-corrected chi connectivity index (χ4v) is 5.23. The van der Waals surface area contributed by atoms with Crippen LogP contribution in [0.1, 0.15) is 86.2 Å². The Labute approximate surface area is 244 Å². The summed E-state index contributed by atoms with van der Waals surface area (Å²) in [6.07, 6.45) is 2.57. The molecular formula is C33H36FN3O5. The number of H-pyrrole nitrogens is 1. The molecule has 0 amide bonds. The highest BCUT2D eigenvalue weighted by atomic mass is 19.1. The van der Waals surface area contributed by atoms with Crippen LogP contribution in [-0.2, 0) is 15.1 Å². The number of furan rings is 1. The number of halogens is 1. The molecule has 0 aliphatic carbocycles. The van der Waals surface area contributed by atoms with E-state index < -0.39 is 17.8 Å². The van der Waals surface area contributed by atoms with Crippen LogP contribution in [0.2, 0.25) is 0 Å². The Hall–Kier alpha value is -4.37. The van der Waals surface area contributed by atoms with Crippen LogP contribution in [0, 0.1) is 19.7 Å². The van der Waals surface area contributed by atoms with Crippen molar-refractivity contribution in [3.63, 3.8) is 0 Å². The van der Waals surface area contributed by atoms with Crippen LogP contribution in [0.15, 0.2) is 53.2 Å². The number of nitrogens with zero attached hydrogens (tertiary/aromatic N) is 2. The molecule has 0 saturated heterocycles. The van der Waals surface area contributed by atoms with Crippen molar-refractivity contribution >= 4 is 11.5 Å². The quantitative estimate of drug-likeness (QED) is 0.221. The fourth-order valence-electron chi connectivity index (χ4n) is 5.23. The summed E-state index contributed by atoms with van der Waals surface area (Å²) in [6.45, 7) is 12.7. The number of hydrogen-bond acceptors (Lipinski definition) is 7. The minimum Gasteiger partial charge on any atom is -0.456 e. The normalized spacial score (nSPS) is 15.1. The maximum absolute atomic E-state index is 14.1. The number of carbonyl (C=O) groups excluding carboxylic acids is 1. The van der Waals surface area contributed by atoms with Gasteiger partial charge in [-0.1, -0.05) is 19.9 Å². The molecule has 2 aromatic carbocycles. The molecule has 1 unspecified atom stereocenters. The highest BCUT2D eigenvalue weighted by Gasteiger charge is 2.33. The van der Waals surface area contributed by atoms with Gasteiger partial charge in [0, 0.05) is 42.8 Å². The van der Waals surface area contributed by atoms with Crippen molar-refractivity contribution in [3.05, 3.63) is 94.0 Å². The number of benzene rings is 2. The second kappa shape index (κ2) is 10.8. The average molecular weight is 574 g/mol. The summed E-state index contributed by atoms with van der Waals surface area (Å²) in [7, 11) is 1.77. The number of esters is 1. The molecule has 0 bridgehead atoms. The molecule has 8 nitrogen and oxygen atoms in total. The maximum Gasteiger partial charge on any atom is 0.303 e. The van der Waals surface area contributed by atoms with E-state index in [4.69, 9.17) is 13.9 Å². The molecule has 42 heavy (non-hydrogen) atoms. The molecule has 0 spiro atoms. The van der Waals surface area contributed by atoms with E-state index in [1.165, 1.54) is 19.1 Å². The number of carbonyl (C=O) groups is 1. The van der Waals surface area contributed by atoms with Gasteiger partial charge in [0.25, 0.3) is 0 Å². The first-order chi connectivity index (χ1) is 19.7. The van der Waals surface area contributed by atoms with E-state index in [9.17, 15) is 14.3 Å². The van der Waals surface area contributed by atoms with Gasteiger partial charge in [0.2, 0.25) is 0 Å². The largest absolute Gasteiger partial charge is 0.456 e. The summed E-state index contributed by atoms with van der Waals surface area (Å²) in [5, 5.41) is 11.1. The van der Waals surface area contributed by atoms with Crippen LogP contribution in [0.25, 0.3) is 17.0 Å². The first-order valence-electron chi connectivity index (χ1n) is 13.9. The summed E-state index contributed by atoms with van der Waals surface area (Å²) in [5.41, 5.74) is 3.65. The van der Waals surface area contributed by atoms with E-state index >= 15 is 0 Å². The second-order valence-corrected chi connectivity index (χ2v) is 11.6. The SMILES string of the molecule is CC(=O)OC(C)(C)c1ccc(Oc2c(C)cc(F)cc2C)c(C2=CN(C)C(O)c3cc(-c4cnc(C(C)C)[nH]4)oc32)c1. The van der Waals surface area contributed by atoms with Gasteiger partial charge >= 0.3 is 5.97 Å². The highest BCUT2D eigenvalue weighted by Crippen LogP contribution is 2.45. The lowest BCUT2D eigenvalue weighted by Gasteiger charge is -2.30. The lowest BCUT2D eigenvalue weighted by Crippen LogP contribution is -2.25. The number of imidazole rings is 1. The Morgan fingerprint density at radius 1 is 1.17 bits per heavy atom. The molecule has 1 aliphatic heterocycles. The van der Waals surface area contributed by atoms with Gasteiger partial charge in [-0.15, -0.1) is 0 Å². The number of rotatable bonds is 7. The summed E-state index contributed by atoms with van der Waals surface area (Å²) in [6, 6.07) is 10.2. The smallest absolute Gasteiger partial charge is 0.303 e. The lowest BCUT2D eigenvalue weighted by molar-refractivity contribution is -0.154. The van der Waals surface area contributed by atoms with E-state index in [0.29, 0.717) is 56.5 Å². The number of aromatic amines is 1. The number of aromatic nitrogens is 2. The zero-order valence-electron chi connectivity index (χ0n) is 25.1. The van der Waals surface area contributed by atoms with Crippen LogP contribution in [0.4, 0.5) is 4.39 Å². The summed E-state index contributed by atoms with van der Waals surface area (Å²) < 4.78 is 32.6. The van der Waals surface area contributed by atoms with Gasteiger partial charge in [-0.05, 0) is 74.7 Å². The maximum atomic E-state index is 14.1. The first-order valence-corrected chi connectivity index (χ1v) is 13.9. The molecule has 220 valence electrons.